The highest BCUT2D eigenvalue weighted by Crippen LogP contribution is 2.18. The lowest BCUT2D eigenvalue weighted by atomic mass is 10.2. The number of hydrogen-bond acceptors (Lipinski definition) is 7. The molecule has 0 saturated heterocycles. The van der Waals surface area contributed by atoms with Crippen molar-refractivity contribution in [2.45, 2.75) is 52.5 Å². The fraction of sp³-hybridized carbons (Fsp3) is 0.400. The van der Waals surface area contributed by atoms with E-state index in [0.29, 0.717) is 35.6 Å². The quantitative estimate of drug-likeness (QED) is 0.313. The van der Waals surface area contributed by atoms with E-state index in [1.807, 2.05) is 30.3 Å². The van der Waals surface area contributed by atoms with Crippen molar-refractivity contribution in [2.75, 3.05) is 13.2 Å². The molecule has 0 atom stereocenters. The summed E-state index contributed by atoms with van der Waals surface area (Å²) in [6.45, 7) is 4.26. The molecular formula is C25H29N3O5S. The lowest BCUT2D eigenvalue weighted by Gasteiger charge is -2.11. The van der Waals surface area contributed by atoms with E-state index in [1.165, 1.54) is 18.3 Å². The molecule has 1 N–H and O–H groups in total. The van der Waals surface area contributed by atoms with Crippen LogP contribution >= 0.6 is 11.3 Å². The Labute approximate surface area is 202 Å². The summed E-state index contributed by atoms with van der Waals surface area (Å²) in [5, 5.41) is 2.71. The Morgan fingerprint density at radius 1 is 1.12 bits per heavy atom. The zero-order chi connectivity index (χ0) is 24.5. The second kappa shape index (κ2) is 12.2. The highest BCUT2D eigenvalue weighted by molar-refractivity contribution is 7.14. The van der Waals surface area contributed by atoms with Crippen molar-refractivity contribution in [1.82, 2.24) is 14.9 Å². The molecule has 2 aromatic heterocycles. The maximum absolute atomic E-state index is 12.9. The fourth-order valence-electron chi connectivity index (χ4n) is 3.48. The summed E-state index contributed by atoms with van der Waals surface area (Å²) in [5.41, 5.74) is 1.62. The fourth-order valence-corrected chi connectivity index (χ4v) is 4.41. The molecule has 0 aliphatic carbocycles. The zero-order valence-electron chi connectivity index (χ0n) is 19.5. The molecule has 1 aromatic carbocycles. The van der Waals surface area contributed by atoms with Gasteiger partial charge in [-0.15, -0.1) is 11.3 Å². The van der Waals surface area contributed by atoms with Crippen molar-refractivity contribution in [1.29, 1.82) is 0 Å². The summed E-state index contributed by atoms with van der Waals surface area (Å²) in [5.74, 6) is -0.932. The third-order valence-electron chi connectivity index (χ3n) is 5.27. The number of ether oxygens (including phenoxy) is 1. The van der Waals surface area contributed by atoms with E-state index in [-0.39, 0.29) is 36.7 Å². The first-order chi connectivity index (χ1) is 16.4. The van der Waals surface area contributed by atoms with Crippen molar-refractivity contribution >= 4 is 40.0 Å². The first-order valence-corrected chi connectivity index (χ1v) is 12.2. The van der Waals surface area contributed by atoms with Crippen molar-refractivity contribution in [2.24, 2.45) is 0 Å². The summed E-state index contributed by atoms with van der Waals surface area (Å²) in [6.07, 6.45) is 2.57. The monoisotopic (exact) mass is 483 g/mol. The molecule has 3 aromatic rings. The van der Waals surface area contributed by atoms with Gasteiger partial charge < -0.3 is 14.6 Å². The summed E-state index contributed by atoms with van der Waals surface area (Å²) >= 11 is 1.32. The first-order valence-electron chi connectivity index (χ1n) is 11.4. The topological polar surface area (TPSA) is 107 Å². The minimum atomic E-state index is -0.551. The van der Waals surface area contributed by atoms with Crippen LogP contribution in [0.4, 0.5) is 0 Å². The van der Waals surface area contributed by atoms with Gasteiger partial charge in [-0.1, -0.05) is 25.5 Å². The third kappa shape index (κ3) is 6.84. The second-order valence-corrected chi connectivity index (χ2v) is 9.11. The molecule has 0 aliphatic heterocycles. The molecular weight excluding hydrogens is 454 g/mol. The molecule has 0 bridgehead atoms. The average Bonchev–Trinajstić information content (AvgIpc) is 3.29. The lowest BCUT2D eigenvalue weighted by molar-refractivity contribution is -0.142. The van der Waals surface area contributed by atoms with Gasteiger partial charge in [-0.3, -0.25) is 19.2 Å². The van der Waals surface area contributed by atoms with Gasteiger partial charge in [-0.05, 0) is 37.1 Å². The van der Waals surface area contributed by atoms with Gasteiger partial charge >= 0.3 is 5.97 Å². The Morgan fingerprint density at radius 2 is 1.91 bits per heavy atom. The number of Topliss-reactive ketones (excluding diaryl/α,β-unsaturated/α-hetero) is 1. The number of fused-ring (bicyclic) bond motifs is 1. The van der Waals surface area contributed by atoms with Crippen LogP contribution in [-0.2, 0) is 33.7 Å². The second-order valence-electron chi connectivity index (χ2n) is 7.94. The Balaban J connectivity index is 1.55. The number of carbonyl (C=O) groups is 3. The van der Waals surface area contributed by atoms with Crippen LogP contribution in [-0.4, -0.2) is 40.4 Å². The van der Waals surface area contributed by atoms with Gasteiger partial charge in [-0.2, -0.15) is 0 Å². The molecule has 2 heterocycles. The smallest absolute Gasteiger partial charge is 0.306 e. The molecule has 0 spiro atoms. The Hall–Kier alpha value is -3.33. The predicted molar refractivity (Wildman–Crippen MR) is 131 cm³/mol. The lowest BCUT2D eigenvalue weighted by Crippen LogP contribution is -2.26. The van der Waals surface area contributed by atoms with Crippen molar-refractivity contribution in [3.05, 3.63) is 62.2 Å². The highest BCUT2D eigenvalue weighted by atomic mass is 32.1. The number of thiophene rings is 1. The van der Waals surface area contributed by atoms with Gasteiger partial charge in [0, 0.05) is 31.3 Å². The van der Waals surface area contributed by atoms with Crippen LogP contribution in [0.5, 0.6) is 0 Å². The van der Waals surface area contributed by atoms with Gasteiger partial charge in [0.1, 0.15) is 5.69 Å². The maximum atomic E-state index is 12.9. The Morgan fingerprint density at radius 3 is 2.68 bits per heavy atom. The van der Waals surface area contributed by atoms with E-state index in [0.717, 1.165) is 23.2 Å². The van der Waals surface area contributed by atoms with E-state index in [4.69, 9.17) is 4.74 Å². The van der Waals surface area contributed by atoms with Crippen molar-refractivity contribution < 1.29 is 19.1 Å². The SMILES string of the molecule is CCCCn1c(=O)c(CCC(=O)OCC(=O)c2ccc(CCNC(C)=O)s2)nc2ccccc21. The van der Waals surface area contributed by atoms with Crippen LogP contribution in [0.3, 0.4) is 0 Å². The number of nitrogens with zero attached hydrogens (tertiary/aromatic N) is 2. The third-order valence-corrected chi connectivity index (χ3v) is 6.45. The van der Waals surface area contributed by atoms with Crippen LogP contribution in [0, 0.1) is 0 Å². The van der Waals surface area contributed by atoms with Crippen LogP contribution in [0.1, 0.15) is 53.4 Å². The number of aromatic nitrogens is 2. The molecule has 180 valence electrons. The summed E-state index contributed by atoms with van der Waals surface area (Å²) in [4.78, 5) is 54.4. The van der Waals surface area contributed by atoms with Crippen LogP contribution in [0.2, 0.25) is 0 Å². The maximum Gasteiger partial charge on any atom is 0.306 e. The Bertz CT molecular complexity index is 1230. The molecule has 3 rings (SSSR count). The number of benzene rings is 1. The highest BCUT2D eigenvalue weighted by Gasteiger charge is 2.15. The number of aryl methyl sites for hydroxylation is 2. The number of hydrogen-bond donors (Lipinski definition) is 1. The molecule has 0 aliphatic rings. The normalized spacial score (nSPS) is 10.9. The van der Waals surface area contributed by atoms with Crippen molar-refractivity contribution in [3.63, 3.8) is 0 Å². The number of esters is 1. The van der Waals surface area contributed by atoms with E-state index in [1.54, 1.807) is 10.6 Å². The van der Waals surface area contributed by atoms with E-state index in [9.17, 15) is 19.2 Å². The van der Waals surface area contributed by atoms with E-state index in [2.05, 4.69) is 17.2 Å². The number of unbranched alkanes of at least 4 members (excludes halogenated alkanes) is 1. The molecule has 0 unspecified atom stereocenters. The molecule has 0 fully saturated rings. The van der Waals surface area contributed by atoms with Crippen molar-refractivity contribution in [3.8, 4) is 0 Å². The van der Waals surface area contributed by atoms with Gasteiger partial charge in [0.2, 0.25) is 11.7 Å². The van der Waals surface area contributed by atoms with E-state index < -0.39 is 5.97 Å². The number of para-hydroxylation sites is 2. The zero-order valence-corrected chi connectivity index (χ0v) is 20.3. The minimum Gasteiger partial charge on any atom is -0.457 e. The van der Waals surface area contributed by atoms with Gasteiger partial charge in [0.15, 0.2) is 6.61 Å². The number of rotatable bonds is 12. The van der Waals surface area contributed by atoms with Gasteiger partial charge in [0.25, 0.3) is 5.56 Å². The van der Waals surface area contributed by atoms with Crippen LogP contribution in [0.15, 0.2) is 41.2 Å². The molecule has 0 saturated carbocycles. The standard InChI is InChI=1S/C25H29N3O5S/c1-3-4-15-28-21-8-6-5-7-19(21)27-20(25(28)32)10-12-24(31)33-16-22(30)23-11-9-18(34-23)13-14-26-17(2)29/h5-9,11H,3-4,10,12-16H2,1-2H3,(H,26,29). The first kappa shape index (κ1) is 25.3. The number of amides is 1. The van der Waals surface area contributed by atoms with Crippen LogP contribution < -0.4 is 10.9 Å². The van der Waals surface area contributed by atoms with Gasteiger partial charge in [-0.25, -0.2) is 4.98 Å². The number of carbonyl (C=O) groups excluding carboxylic acids is 3. The minimum absolute atomic E-state index is 0.0337. The molecule has 34 heavy (non-hydrogen) atoms. The Kier molecular flexibility index (Phi) is 9.09. The number of nitrogens with one attached hydrogen (secondary N) is 1. The average molecular weight is 484 g/mol. The largest absolute Gasteiger partial charge is 0.457 e. The van der Waals surface area contributed by atoms with Crippen LogP contribution in [0.25, 0.3) is 11.0 Å². The van der Waals surface area contributed by atoms with Gasteiger partial charge in [0.05, 0.1) is 22.3 Å². The number of ketones is 1. The summed E-state index contributed by atoms with van der Waals surface area (Å²) in [7, 11) is 0. The molecule has 8 nitrogen and oxygen atoms in total. The molecule has 1 amide bonds. The summed E-state index contributed by atoms with van der Waals surface area (Å²) < 4.78 is 6.87. The predicted octanol–water partition coefficient (Wildman–Crippen LogP) is 3.30. The molecule has 0 radical (unpaired) electrons. The molecule has 9 heteroatoms. The summed E-state index contributed by atoms with van der Waals surface area (Å²) in [6, 6.07) is 11.0. The van der Waals surface area contributed by atoms with E-state index >= 15 is 0 Å².